The van der Waals surface area contributed by atoms with E-state index in [-0.39, 0.29) is 11.6 Å². The van der Waals surface area contributed by atoms with Gasteiger partial charge < -0.3 is 15.2 Å². The lowest BCUT2D eigenvalue weighted by Gasteiger charge is -2.55. The molecule has 0 saturated heterocycles. The van der Waals surface area contributed by atoms with Crippen LogP contribution in [0.4, 0.5) is 4.79 Å². The third-order valence-corrected chi connectivity index (χ3v) is 6.15. The fourth-order valence-electron chi connectivity index (χ4n) is 5.57. The summed E-state index contributed by atoms with van der Waals surface area (Å²) in [6.45, 7) is 0.517. The van der Waals surface area contributed by atoms with Gasteiger partial charge in [-0.1, -0.05) is 19.3 Å². The van der Waals surface area contributed by atoms with Gasteiger partial charge in [-0.2, -0.15) is 0 Å². The highest BCUT2D eigenvalue weighted by Crippen LogP contribution is 2.57. The van der Waals surface area contributed by atoms with Crippen molar-refractivity contribution in [2.24, 2.45) is 17.8 Å². The second kappa shape index (κ2) is 7.75. The molecular formula is C19H31NO4. The largest absolute Gasteiger partial charge is 0.465 e. The summed E-state index contributed by atoms with van der Waals surface area (Å²) in [4.78, 5) is 22.5. The Bertz CT molecular complexity index is 427. The Kier molecular flexibility index (Phi) is 5.67. The zero-order chi connectivity index (χ0) is 17.0. The summed E-state index contributed by atoms with van der Waals surface area (Å²) in [6, 6.07) is 0. The van der Waals surface area contributed by atoms with Crippen molar-refractivity contribution in [3.63, 3.8) is 0 Å². The van der Waals surface area contributed by atoms with Crippen molar-refractivity contribution in [3.05, 3.63) is 0 Å². The Hall–Kier alpha value is -1.26. The van der Waals surface area contributed by atoms with Gasteiger partial charge in [0.05, 0.1) is 0 Å². The predicted octanol–water partition coefficient (Wildman–Crippen LogP) is 4.11. The van der Waals surface area contributed by atoms with Gasteiger partial charge in [-0.15, -0.1) is 0 Å². The van der Waals surface area contributed by atoms with E-state index in [1.807, 2.05) is 0 Å². The first-order chi connectivity index (χ1) is 11.5. The van der Waals surface area contributed by atoms with E-state index in [4.69, 9.17) is 9.84 Å². The molecule has 0 heterocycles. The van der Waals surface area contributed by atoms with E-state index in [1.54, 1.807) is 0 Å². The Morgan fingerprint density at radius 1 is 0.917 bits per heavy atom. The number of carbonyl (C=O) groups is 2. The average molecular weight is 337 g/mol. The van der Waals surface area contributed by atoms with E-state index in [9.17, 15) is 9.59 Å². The van der Waals surface area contributed by atoms with Crippen LogP contribution in [-0.2, 0) is 9.53 Å². The quantitative estimate of drug-likeness (QED) is 0.490. The van der Waals surface area contributed by atoms with Crippen molar-refractivity contribution in [1.82, 2.24) is 5.32 Å². The van der Waals surface area contributed by atoms with Gasteiger partial charge in [0.15, 0.2) is 0 Å². The molecule has 4 aliphatic rings. The van der Waals surface area contributed by atoms with Crippen LogP contribution in [0.5, 0.6) is 0 Å². The second-order valence-electron chi connectivity index (χ2n) is 8.32. The first kappa shape index (κ1) is 17.6. The van der Waals surface area contributed by atoms with Crippen molar-refractivity contribution in [2.75, 3.05) is 6.54 Å². The smallest absolute Gasteiger partial charge is 0.404 e. The zero-order valence-electron chi connectivity index (χ0n) is 14.6. The molecule has 4 saturated carbocycles. The molecular weight excluding hydrogens is 306 g/mol. The van der Waals surface area contributed by atoms with E-state index < -0.39 is 6.09 Å². The third kappa shape index (κ3) is 4.64. The number of hydrogen-bond acceptors (Lipinski definition) is 3. The standard InChI is InChI=1S/C19H31NO4/c21-17(6-4-2-1-3-5-7-20-18(22)23)24-19-11-14-8-15(12-19)10-16(9-14)13-19/h14-16,20H,1-13H2,(H,22,23). The Morgan fingerprint density at radius 2 is 1.46 bits per heavy atom. The fourth-order valence-corrected chi connectivity index (χ4v) is 5.57. The molecule has 0 aromatic carbocycles. The van der Waals surface area contributed by atoms with Crippen LogP contribution < -0.4 is 5.32 Å². The molecule has 0 aliphatic heterocycles. The monoisotopic (exact) mass is 337 g/mol. The van der Waals surface area contributed by atoms with Crippen LogP contribution in [0, 0.1) is 17.8 Å². The van der Waals surface area contributed by atoms with Gasteiger partial charge in [0.1, 0.15) is 5.60 Å². The van der Waals surface area contributed by atoms with Crippen LogP contribution in [0.15, 0.2) is 0 Å². The number of hydrogen-bond donors (Lipinski definition) is 2. The second-order valence-corrected chi connectivity index (χ2v) is 8.32. The fraction of sp³-hybridized carbons (Fsp3) is 0.895. The first-order valence-electron chi connectivity index (χ1n) is 9.73. The molecule has 0 unspecified atom stereocenters. The zero-order valence-corrected chi connectivity index (χ0v) is 14.6. The van der Waals surface area contributed by atoms with Crippen LogP contribution in [-0.4, -0.2) is 29.3 Å². The highest BCUT2D eigenvalue weighted by atomic mass is 16.6. The van der Waals surface area contributed by atoms with Crippen molar-refractivity contribution in [3.8, 4) is 0 Å². The van der Waals surface area contributed by atoms with E-state index in [0.29, 0.717) is 13.0 Å². The number of unbranched alkanes of at least 4 members (excludes halogenated alkanes) is 4. The molecule has 0 atom stereocenters. The summed E-state index contributed by atoms with van der Waals surface area (Å²) < 4.78 is 6.01. The molecule has 4 bridgehead atoms. The van der Waals surface area contributed by atoms with Crippen molar-refractivity contribution >= 4 is 12.1 Å². The van der Waals surface area contributed by atoms with Crippen molar-refractivity contribution < 1.29 is 19.4 Å². The molecule has 0 spiro atoms. The van der Waals surface area contributed by atoms with Gasteiger partial charge in [-0.25, -0.2) is 4.79 Å². The minimum absolute atomic E-state index is 0.00416. The number of carboxylic acid groups (broad SMARTS) is 1. The number of carbonyl (C=O) groups excluding carboxylic acids is 1. The molecule has 2 N–H and O–H groups in total. The number of amides is 1. The molecule has 5 nitrogen and oxygen atoms in total. The molecule has 1 amide bonds. The highest BCUT2D eigenvalue weighted by Gasteiger charge is 2.53. The van der Waals surface area contributed by atoms with Crippen LogP contribution in [0.2, 0.25) is 0 Å². The van der Waals surface area contributed by atoms with Gasteiger partial charge in [0.2, 0.25) is 0 Å². The molecule has 4 aliphatic carbocycles. The summed E-state index contributed by atoms with van der Waals surface area (Å²) in [5.41, 5.74) is -0.103. The van der Waals surface area contributed by atoms with Crippen LogP contribution in [0.3, 0.4) is 0 Å². The van der Waals surface area contributed by atoms with Gasteiger partial charge in [0, 0.05) is 13.0 Å². The highest BCUT2D eigenvalue weighted by molar-refractivity contribution is 5.70. The van der Waals surface area contributed by atoms with Crippen molar-refractivity contribution in [2.45, 2.75) is 82.7 Å². The lowest BCUT2D eigenvalue weighted by Crippen LogP contribution is -2.52. The maximum atomic E-state index is 12.2. The minimum atomic E-state index is -0.956. The van der Waals surface area contributed by atoms with Crippen LogP contribution in [0.1, 0.15) is 77.0 Å². The molecule has 24 heavy (non-hydrogen) atoms. The van der Waals surface area contributed by atoms with E-state index in [0.717, 1.165) is 69.1 Å². The summed E-state index contributed by atoms with van der Waals surface area (Å²) in [5, 5.41) is 10.8. The normalized spacial score (nSPS) is 33.4. The lowest BCUT2D eigenvalue weighted by atomic mass is 9.54. The number of ether oxygens (including phenoxy) is 1. The van der Waals surface area contributed by atoms with Gasteiger partial charge in [0.25, 0.3) is 0 Å². The van der Waals surface area contributed by atoms with E-state index in [1.165, 1.54) is 19.3 Å². The van der Waals surface area contributed by atoms with E-state index in [2.05, 4.69) is 5.32 Å². The Morgan fingerprint density at radius 3 is 2.04 bits per heavy atom. The molecule has 4 fully saturated rings. The molecule has 0 aromatic rings. The number of rotatable bonds is 9. The third-order valence-electron chi connectivity index (χ3n) is 6.15. The molecule has 0 aromatic heterocycles. The predicted molar refractivity (Wildman–Crippen MR) is 90.7 cm³/mol. The molecule has 136 valence electrons. The van der Waals surface area contributed by atoms with Gasteiger partial charge in [-0.05, 0) is 69.1 Å². The summed E-state index contributed by atoms with van der Waals surface area (Å²) in [7, 11) is 0. The Balaban J connectivity index is 1.27. The topological polar surface area (TPSA) is 75.6 Å². The van der Waals surface area contributed by atoms with E-state index >= 15 is 0 Å². The number of esters is 1. The average Bonchev–Trinajstić information content (AvgIpc) is 2.47. The minimum Gasteiger partial charge on any atom is -0.465 e. The van der Waals surface area contributed by atoms with Crippen molar-refractivity contribution in [1.29, 1.82) is 0 Å². The lowest BCUT2D eigenvalue weighted by molar-refractivity contribution is -0.186. The SMILES string of the molecule is O=C(O)NCCCCCCCC(=O)OC12CC3CC(CC(C3)C1)C2. The molecule has 4 rings (SSSR count). The van der Waals surface area contributed by atoms with Gasteiger partial charge >= 0.3 is 12.1 Å². The molecule has 5 heteroatoms. The summed E-state index contributed by atoms with van der Waals surface area (Å²) >= 11 is 0. The summed E-state index contributed by atoms with van der Waals surface area (Å²) in [5.74, 6) is 2.43. The van der Waals surface area contributed by atoms with Crippen LogP contribution in [0.25, 0.3) is 0 Å². The first-order valence-corrected chi connectivity index (χ1v) is 9.73. The maximum absolute atomic E-state index is 12.2. The summed E-state index contributed by atoms with van der Waals surface area (Å²) in [6.07, 6.45) is 11.8. The maximum Gasteiger partial charge on any atom is 0.404 e. The van der Waals surface area contributed by atoms with Crippen LogP contribution >= 0.6 is 0 Å². The van der Waals surface area contributed by atoms with Gasteiger partial charge in [-0.3, -0.25) is 4.79 Å². The number of nitrogens with one attached hydrogen (secondary N) is 1. The molecule has 0 radical (unpaired) electrons. The Labute approximate surface area is 144 Å².